The number of carboxylic acids is 1. The number of hydrogen-bond donors (Lipinski definition) is 2. The van der Waals surface area contributed by atoms with Crippen molar-refractivity contribution in [2.75, 3.05) is 12.3 Å². The first-order valence-corrected chi connectivity index (χ1v) is 7.15. The van der Waals surface area contributed by atoms with Gasteiger partial charge < -0.3 is 10.4 Å². The molecule has 0 spiro atoms. The molecule has 1 aromatic heterocycles. The molecule has 0 aliphatic rings. The molecule has 0 aromatic carbocycles. The smallest absolute Gasteiger partial charge is 0.308 e. The van der Waals surface area contributed by atoms with Gasteiger partial charge in [-0.05, 0) is 17.9 Å². The molecule has 0 fully saturated rings. The van der Waals surface area contributed by atoms with Crippen LogP contribution in [0.25, 0.3) is 0 Å². The van der Waals surface area contributed by atoms with Gasteiger partial charge in [-0.3, -0.25) is 9.59 Å². The van der Waals surface area contributed by atoms with E-state index in [1.165, 1.54) is 11.8 Å². The summed E-state index contributed by atoms with van der Waals surface area (Å²) >= 11 is 3.05. The molecule has 4 nitrogen and oxygen atoms in total. The van der Waals surface area contributed by atoms with E-state index in [1.807, 2.05) is 17.5 Å². The molecule has 17 heavy (non-hydrogen) atoms. The van der Waals surface area contributed by atoms with Crippen LogP contribution in [0.1, 0.15) is 13.3 Å². The number of rotatable bonds is 7. The largest absolute Gasteiger partial charge is 0.481 e. The van der Waals surface area contributed by atoms with E-state index in [0.29, 0.717) is 12.2 Å². The summed E-state index contributed by atoms with van der Waals surface area (Å²) in [4.78, 5) is 22.2. The minimum atomic E-state index is -0.862. The third kappa shape index (κ3) is 5.23. The molecule has 0 bridgehead atoms. The Morgan fingerprint density at radius 3 is 2.88 bits per heavy atom. The van der Waals surface area contributed by atoms with E-state index < -0.39 is 11.9 Å². The van der Waals surface area contributed by atoms with Crippen LogP contribution in [-0.2, 0) is 9.59 Å². The number of carbonyl (C=O) groups is 2. The molecule has 0 aliphatic carbocycles. The second kappa shape index (κ2) is 7.34. The van der Waals surface area contributed by atoms with E-state index in [-0.39, 0.29) is 12.5 Å². The Labute approximate surface area is 108 Å². The van der Waals surface area contributed by atoms with Crippen molar-refractivity contribution >= 4 is 35.0 Å². The second-order valence-corrected chi connectivity index (χ2v) is 5.69. The van der Waals surface area contributed by atoms with Gasteiger partial charge in [-0.1, -0.05) is 13.0 Å². The van der Waals surface area contributed by atoms with E-state index in [0.717, 1.165) is 4.21 Å². The average molecular weight is 273 g/mol. The Balaban J connectivity index is 2.23. The summed E-state index contributed by atoms with van der Waals surface area (Å²) in [6.07, 6.45) is 0.522. The molecule has 0 saturated heterocycles. The molecule has 1 rings (SSSR count). The topological polar surface area (TPSA) is 66.4 Å². The Morgan fingerprint density at radius 1 is 1.59 bits per heavy atom. The van der Waals surface area contributed by atoms with Crippen LogP contribution in [-0.4, -0.2) is 29.3 Å². The van der Waals surface area contributed by atoms with Gasteiger partial charge in [0, 0.05) is 6.54 Å². The molecule has 0 saturated carbocycles. The molecule has 0 aliphatic heterocycles. The molecule has 6 heteroatoms. The zero-order chi connectivity index (χ0) is 12.7. The maximum absolute atomic E-state index is 11.5. The number of carboxylic acid groups (broad SMARTS) is 1. The van der Waals surface area contributed by atoms with E-state index in [4.69, 9.17) is 5.11 Å². The van der Waals surface area contributed by atoms with Gasteiger partial charge in [0.25, 0.3) is 0 Å². The number of aliphatic carboxylic acids is 1. The van der Waals surface area contributed by atoms with Crippen molar-refractivity contribution in [1.82, 2.24) is 5.32 Å². The lowest BCUT2D eigenvalue weighted by atomic mass is 10.1. The van der Waals surface area contributed by atoms with Crippen molar-refractivity contribution in [3.05, 3.63) is 17.5 Å². The number of thiophene rings is 1. The van der Waals surface area contributed by atoms with Crippen LogP contribution in [0.15, 0.2) is 21.7 Å². The Hall–Kier alpha value is -1.01. The van der Waals surface area contributed by atoms with Crippen LogP contribution in [0.4, 0.5) is 0 Å². The Kier molecular flexibility index (Phi) is 6.07. The highest BCUT2D eigenvalue weighted by molar-refractivity contribution is 8.01. The van der Waals surface area contributed by atoms with E-state index in [1.54, 1.807) is 18.3 Å². The minimum absolute atomic E-state index is 0.122. The Morgan fingerprint density at radius 2 is 2.35 bits per heavy atom. The fourth-order valence-corrected chi connectivity index (χ4v) is 2.79. The average Bonchev–Trinajstić information content (AvgIpc) is 2.79. The predicted octanol–water partition coefficient (Wildman–Crippen LogP) is 2.07. The van der Waals surface area contributed by atoms with Crippen molar-refractivity contribution in [1.29, 1.82) is 0 Å². The highest BCUT2D eigenvalue weighted by atomic mass is 32.2. The lowest BCUT2D eigenvalue weighted by molar-refractivity contribution is -0.141. The first kappa shape index (κ1) is 14.1. The van der Waals surface area contributed by atoms with Gasteiger partial charge in [-0.2, -0.15) is 0 Å². The van der Waals surface area contributed by atoms with E-state index >= 15 is 0 Å². The van der Waals surface area contributed by atoms with Gasteiger partial charge >= 0.3 is 5.97 Å². The summed E-state index contributed by atoms with van der Waals surface area (Å²) in [6, 6.07) is 3.89. The molecule has 1 atom stereocenters. The first-order chi connectivity index (χ1) is 8.13. The van der Waals surface area contributed by atoms with Crippen LogP contribution in [0.5, 0.6) is 0 Å². The molecule has 1 unspecified atom stereocenters. The third-order valence-electron chi connectivity index (χ3n) is 2.23. The van der Waals surface area contributed by atoms with Gasteiger partial charge in [0.05, 0.1) is 15.9 Å². The molecule has 0 radical (unpaired) electrons. The molecule has 1 aromatic rings. The van der Waals surface area contributed by atoms with Crippen molar-refractivity contribution in [2.24, 2.45) is 5.92 Å². The minimum Gasteiger partial charge on any atom is -0.481 e. The summed E-state index contributed by atoms with van der Waals surface area (Å²) in [5.74, 6) is -1.15. The number of nitrogens with one attached hydrogen (secondary N) is 1. The van der Waals surface area contributed by atoms with E-state index in [9.17, 15) is 9.59 Å². The van der Waals surface area contributed by atoms with Gasteiger partial charge in [0.1, 0.15) is 0 Å². The zero-order valence-corrected chi connectivity index (χ0v) is 11.1. The SMILES string of the molecule is CCC(CNC(=O)CSc1cccs1)C(=O)O. The lowest BCUT2D eigenvalue weighted by Gasteiger charge is -2.10. The maximum Gasteiger partial charge on any atom is 0.308 e. The van der Waals surface area contributed by atoms with Crippen LogP contribution in [0.3, 0.4) is 0 Å². The molecule has 94 valence electrons. The van der Waals surface area contributed by atoms with E-state index in [2.05, 4.69) is 5.32 Å². The standard InChI is InChI=1S/C11H15NO3S2/c1-2-8(11(14)15)6-12-9(13)7-17-10-4-3-5-16-10/h3-5,8H,2,6-7H2,1H3,(H,12,13)(H,14,15). The van der Waals surface area contributed by atoms with Crippen LogP contribution in [0.2, 0.25) is 0 Å². The van der Waals surface area contributed by atoms with Crippen molar-refractivity contribution in [2.45, 2.75) is 17.6 Å². The highest BCUT2D eigenvalue weighted by Crippen LogP contribution is 2.22. The summed E-state index contributed by atoms with van der Waals surface area (Å²) in [6.45, 7) is 2.00. The molecular weight excluding hydrogens is 258 g/mol. The second-order valence-electron chi connectivity index (χ2n) is 3.47. The molecular formula is C11H15NO3S2. The number of amides is 1. The van der Waals surface area contributed by atoms with Gasteiger partial charge in [0.2, 0.25) is 5.91 Å². The van der Waals surface area contributed by atoms with Gasteiger partial charge in [-0.15, -0.1) is 23.1 Å². The fraction of sp³-hybridized carbons (Fsp3) is 0.455. The normalized spacial score (nSPS) is 12.1. The van der Waals surface area contributed by atoms with Crippen molar-refractivity contribution < 1.29 is 14.7 Å². The monoisotopic (exact) mass is 273 g/mol. The summed E-state index contributed by atoms with van der Waals surface area (Å²) in [5.41, 5.74) is 0. The highest BCUT2D eigenvalue weighted by Gasteiger charge is 2.15. The molecule has 1 amide bonds. The zero-order valence-electron chi connectivity index (χ0n) is 9.51. The molecule has 2 N–H and O–H groups in total. The van der Waals surface area contributed by atoms with Crippen molar-refractivity contribution in [3.8, 4) is 0 Å². The van der Waals surface area contributed by atoms with Crippen LogP contribution < -0.4 is 5.32 Å². The quantitative estimate of drug-likeness (QED) is 0.746. The number of hydrogen-bond acceptors (Lipinski definition) is 4. The summed E-state index contributed by atoms with van der Waals surface area (Å²) < 4.78 is 1.09. The van der Waals surface area contributed by atoms with Crippen LogP contribution >= 0.6 is 23.1 Å². The third-order valence-corrected chi connectivity index (χ3v) is 4.36. The first-order valence-electron chi connectivity index (χ1n) is 5.29. The van der Waals surface area contributed by atoms with Crippen molar-refractivity contribution in [3.63, 3.8) is 0 Å². The Bertz CT molecular complexity index is 365. The van der Waals surface area contributed by atoms with Gasteiger partial charge in [0.15, 0.2) is 0 Å². The van der Waals surface area contributed by atoms with Crippen LogP contribution in [0, 0.1) is 5.92 Å². The maximum atomic E-state index is 11.5. The molecule has 1 heterocycles. The predicted molar refractivity (Wildman–Crippen MR) is 69.5 cm³/mol. The fourth-order valence-electron chi connectivity index (χ4n) is 1.18. The summed E-state index contributed by atoms with van der Waals surface area (Å²) in [5, 5.41) is 13.4. The number of thioether (sulfide) groups is 1. The number of carbonyl (C=O) groups excluding carboxylic acids is 1. The summed E-state index contributed by atoms with van der Waals surface area (Å²) in [7, 11) is 0. The lowest BCUT2D eigenvalue weighted by Crippen LogP contribution is -2.33. The van der Waals surface area contributed by atoms with Gasteiger partial charge in [-0.25, -0.2) is 0 Å².